The van der Waals surface area contributed by atoms with Gasteiger partial charge in [-0.2, -0.15) is 10.2 Å². The van der Waals surface area contributed by atoms with Gasteiger partial charge in [0, 0.05) is 11.3 Å². The standard InChI is InChI=1S/C14H13N3S/c1-2-4-11(5-3-1)8-13-10-18-14(17-13)12-6-7-15-16-9-12/h1-7,9,13H,8,10H2. The van der Waals surface area contributed by atoms with E-state index in [0.717, 1.165) is 22.8 Å². The van der Waals surface area contributed by atoms with Crippen molar-refractivity contribution in [3.63, 3.8) is 0 Å². The summed E-state index contributed by atoms with van der Waals surface area (Å²) in [5.74, 6) is 1.05. The maximum absolute atomic E-state index is 4.77. The molecule has 1 aromatic carbocycles. The van der Waals surface area contributed by atoms with Crippen LogP contribution in [0.1, 0.15) is 11.1 Å². The summed E-state index contributed by atoms with van der Waals surface area (Å²) in [6, 6.07) is 12.9. The summed E-state index contributed by atoms with van der Waals surface area (Å²) in [5, 5.41) is 8.77. The molecule has 3 nitrogen and oxygen atoms in total. The maximum atomic E-state index is 4.77. The highest BCUT2D eigenvalue weighted by atomic mass is 32.2. The molecule has 0 fully saturated rings. The zero-order chi connectivity index (χ0) is 12.2. The Balaban J connectivity index is 1.73. The molecule has 90 valence electrons. The Bertz CT molecular complexity index is 539. The third-order valence-electron chi connectivity index (χ3n) is 2.86. The van der Waals surface area contributed by atoms with Gasteiger partial charge in [0.2, 0.25) is 0 Å². The van der Waals surface area contributed by atoms with Crippen molar-refractivity contribution in [2.45, 2.75) is 12.5 Å². The molecular weight excluding hydrogens is 242 g/mol. The molecule has 1 aliphatic rings. The van der Waals surface area contributed by atoms with Gasteiger partial charge >= 0.3 is 0 Å². The SMILES string of the molecule is c1ccc(CC2CSC(c3ccnnc3)=N2)cc1. The molecule has 0 amide bonds. The molecule has 3 rings (SSSR count). The third-order valence-corrected chi connectivity index (χ3v) is 4.02. The van der Waals surface area contributed by atoms with Gasteiger partial charge in [0.15, 0.2) is 0 Å². The van der Waals surface area contributed by atoms with Gasteiger partial charge in [-0.05, 0) is 18.1 Å². The van der Waals surface area contributed by atoms with E-state index in [9.17, 15) is 0 Å². The van der Waals surface area contributed by atoms with Crippen LogP contribution in [0.4, 0.5) is 0 Å². The summed E-state index contributed by atoms with van der Waals surface area (Å²) < 4.78 is 0. The van der Waals surface area contributed by atoms with Crippen molar-refractivity contribution >= 4 is 16.8 Å². The molecule has 2 heterocycles. The Hall–Kier alpha value is -1.68. The lowest BCUT2D eigenvalue weighted by atomic mass is 10.1. The molecule has 0 N–H and O–H groups in total. The third kappa shape index (κ3) is 2.59. The fourth-order valence-electron chi connectivity index (χ4n) is 1.98. The number of hydrogen-bond acceptors (Lipinski definition) is 4. The molecule has 0 aliphatic carbocycles. The van der Waals surface area contributed by atoms with Gasteiger partial charge in [-0.15, -0.1) is 11.8 Å². The van der Waals surface area contributed by atoms with E-state index in [1.807, 2.05) is 12.1 Å². The molecule has 1 aliphatic heterocycles. The largest absolute Gasteiger partial charge is 0.273 e. The van der Waals surface area contributed by atoms with E-state index < -0.39 is 0 Å². The van der Waals surface area contributed by atoms with Crippen molar-refractivity contribution in [1.82, 2.24) is 10.2 Å². The average molecular weight is 255 g/mol. The molecule has 1 aromatic heterocycles. The van der Waals surface area contributed by atoms with Crippen LogP contribution in [-0.4, -0.2) is 27.0 Å². The van der Waals surface area contributed by atoms with Gasteiger partial charge in [-0.25, -0.2) is 0 Å². The first-order valence-electron chi connectivity index (χ1n) is 5.93. The van der Waals surface area contributed by atoms with E-state index in [1.165, 1.54) is 5.56 Å². The highest BCUT2D eigenvalue weighted by Crippen LogP contribution is 2.24. The minimum atomic E-state index is 0.376. The molecule has 18 heavy (non-hydrogen) atoms. The number of benzene rings is 1. The molecule has 1 unspecified atom stereocenters. The first-order chi connectivity index (χ1) is 8.92. The Kier molecular flexibility index (Phi) is 3.37. The Morgan fingerprint density at radius 2 is 2.00 bits per heavy atom. The van der Waals surface area contributed by atoms with Crippen molar-refractivity contribution in [2.24, 2.45) is 4.99 Å². The van der Waals surface area contributed by atoms with Crippen LogP contribution in [-0.2, 0) is 6.42 Å². The number of aromatic nitrogens is 2. The normalized spacial score (nSPS) is 18.7. The van der Waals surface area contributed by atoms with E-state index in [4.69, 9.17) is 4.99 Å². The Morgan fingerprint density at radius 3 is 2.78 bits per heavy atom. The van der Waals surface area contributed by atoms with Crippen molar-refractivity contribution in [1.29, 1.82) is 0 Å². The number of rotatable bonds is 3. The van der Waals surface area contributed by atoms with Gasteiger partial charge in [0.05, 0.1) is 23.5 Å². The topological polar surface area (TPSA) is 38.1 Å². The van der Waals surface area contributed by atoms with Crippen LogP contribution in [0.3, 0.4) is 0 Å². The predicted octanol–water partition coefficient (Wildman–Crippen LogP) is 2.58. The minimum Gasteiger partial charge on any atom is -0.273 e. The zero-order valence-corrected chi connectivity index (χ0v) is 10.7. The molecule has 0 spiro atoms. The quantitative estimate of drug-likeness (QED) is 0.846. The number of hydrogen-bond donors (Lipinski definition) is 0. The second-order valence-corrected chi connectivity index (χ2v) is 5.23. The second-order valence-electron chi connectivity index (χ2n) is 4.22. The molecular formula is C14H13N3S. The summed E-state index contributed by atoms with van der Waals surface area (Å²) in [5.41, 5.74) is 2.42. The van der Waals surface area contributed by atoms with E-state index in [-0.39, 0.29) is 0 Å². The molecule has 0 radical (unpaired) electrons. The maximum Gasteiger partial charge on any atom is 0.0998 e. The first-order valence-corrected chi connectivity index (χ1v) is 6.92. The number of thioether (sulfide) groups is 1. The van der Waals surface area contributed by atoms with Crippen LogP contribution >= 0.6 is 11.8 Å². The summed E-state index contributed by atoms with van der Waals surface area (Å²) in [4.78, 5) is 4.77. The molecule has 0 saturated heterocycles. The fourth-order valence-corrected chi connectivity index (χ4v) is 3.03. The molecule has 2 aromatic rings. The van der Waals surface area contributed by atoms with Gasteiger partial charge in [0.1, 0.15) is 0 Å². The summed E-state index contributed by atoms with van der Waals surface area (Å²) in [7, 11) is 0. The van der Waals surface area contributed by atoms with E-state index in [0.29, 0.717) is 6.04 Å². The van der Waals surface area contributed by atoms with Crippen LogP contribution in [0.25, 0.3) is 0 Å². The lowest BCUT2D eigenvalue weighted by molar-refractivity contribution is 0.763. The summed E-state index contributed by atoms with van der Waals surface area (Å²) in [6.45, 7) is 0. The first kappa shape index (κ1) is 11.4. The fraction of sp³-hybridized carbons (Fsp3) is 0.214. The van der Waals surface area contributed by atoms with Crippen molar-refractivity contribution in [2.75, 3.05) is 5.75 Å². The van der Waals surface area contributed by atoms with E-state index in [1.54, 1.807) is 24.2 Å². The summed E-state index contributed by atoms with van der Waals surface area (Å²) in [6.07, 6.45) is 4.50. The molecule has 0 bridgehead atoms. The predicted molar refractivity (Wildman–Crippen MR) is 75.0 cm³/mol. The van der Waals surface area contributed by atoms with Crippen LogP contribution in [0, 0.1) is 0 Å². The van der Waals surface area contributed by atoms with Crippen molar-refractivity contribution < 1.29 is 0 Å². The smallest absolute Gasteiger partial charge is 0.0998 e. The van der Waals surface area contributed by atoms with Crippen LogP contribution < -0.4 is 0 Å². The number of aliphatic imine (C=N–C) groups is 1. The lowest BCUT2D eigenvalue weighted by Gasteiger charge is -2.04. The molecule has 1 atom stereocenters. The van der Waals surface area contributed by atoms with Crippen LogP contribution in [0.15, 0.2) is 53.8 Å². The minimum absolute atomic E-state index is 0.376. The summed E-state index contributed by atoms with van der Waals surface area (Å²) >= 11 is 1.81. The van der Waals surface area contributed by atoms with Gasteiger partial charge in [-0.1, -0.05) is 30.3 Å². The van der Waals surface area contributed by atoms with Crippen LogP contribution in [0.5, 0.6) is 0 Å². The highest BCUT2D eigenvalue weighted by Gasteiger charge is 2.19. The second kappa shape index (κ2) is 5.31. The van der Waals surface area contributed by atoms with Gasteiger partial charge in [0.25, 0.3) is 0 Å². The number of nitrogens with zero attached hydrogens (tertiary/aromatic N) is 3. The van der Waals surface area contributed by atoms with Crippen LogP contribution in [0.2, 0.25) is 0 Å². The Morgan fingerprint density at radius 1 is 1.11 bits per heavy atom. The average Bonchev–Trinajstić information content (AvgIpc) is 2.89. The van der Waals surface area contributed by atoms with E-state index >= 15 is 0 Å². The highest BCUT2D eigenvalue weighted by molar-refractivity contribution is 8.14. The van der Waals surface area contributed by atoms with Gasteiger partial charge in [-0.3, -0.25) is 4.99 Å². The Labute approximate surface area is 110 Å². The monoisotopic (exact) mass is 255 g/mol. The lowest BCUT2D eigenvalue weighted by Crippen LogP contribution is -2.07. The van der Waals surface area contributed by atoms with Crippen molar-refractivity contribution in [3.05, 3.63) is 59.9 Å². The molecule has 0 saturated carbocycles. The molecule has 4 heteroatoms. The van der Waals surface area contributed by atoms with Crippen molar-refractivity contribution in [3.8, 4) is 0 Å². The zero-order valence-electron chi connectivity index (χ0n) is 9.86. The van der Waals surface area contributed by atoms with E-state index in [2.05, 4.69) is 34.5 Å². The van der Waals surface area contributed by atoms with Gasteiger partial charge < -0.3 is 0 Å².